The van der Waals surface area contributed by atoms with Gasteiger partial charge in [-0.05, 0) is 18.9 Å². The van der Waals surface area contributed by atoms with Crippen LogP contribution in [0.15, 0.2) is 18.6 Å². The van der Waals surface area contributed by atoms with Gasteiger partial charge in [0.1, 0.15) is 6.33 Å². The molecule has 1 aliphatic rings. The molecular weight excluding hydrogens is 268 g/mol. The van der Waals surface area contributed by atoms with Gasteiger partial charge < -0.3 is 15.5 Å². The maximum Gasteiger partial charge on any atom is 0.231 e. The first-order valence-corrected chi connectivity index (χ1v) is 7.03. The molecule has 0 radical (unpaired) electrons. The summed E-state index contributed by atoms with van der Waals surface area (Å²) in [5, 5.41) is 6.16. The van der Waals surface area contributed by atoms with Gasteiger partial charge in [0.15, 0.2) is 0 Å². The Morgan fingerprint density at radius 2 is 1.95 bits per heavy atom. The number of hydrogen-bond acceptors (Lipinski definition) is 8. The molecule has 110 valence electrons. The Morgan fingerprint density at radius 3 is 2.67 bits per heavy atom. The Bertz CT molecular complexity index is 582. The van der Waals surface area contributed by atoms with Crippen molar-refractivity contribution in [3.8, 4) is 0 Å². The molecule has 0 atom stereocenters. The number of aromatic nitrogens is 5. The fourth-order valence-electron chi connectivity index (χ4n) is 2.21. The average Bonchev–Trinajstić information content (AvgIpc) is 3.08. The Morgan fingerprint density at radius 1 is 1.14 bits per heavy atom. The van der Waals surface area contributed by atoms with Crippen LogP contribution in [0.2, 0.25) is 0 Å². The second-order valence-corrected chi connectivity index (χ2v) is 4.78. The van der Waals surface area contributed by atoms with Crippen LogP contribution in [0.1, 0.15) is 18.5 Å². The summed E-state index contributed by atoms with van der Waals surface area (Å²) in [4.78, 5) is 23.5. The largest absolute Gasteiger partial charge is 0.357 e. The fourth-order valence-corrected chi connectivity index (χ4v) is 2.21. The lowest BCUT2D eigenvalue weighted by atomic mass is 10.4. The van der Waals surface area contributed by atoms with Crippen LogP contribution in [-0.4, -0.2) is 45.1 Å². The second kappa shape index (κ2) is 6.29. The second-order valence-electron chi connectivity index (χ2n) is 4.78. The van der Waals surface area contributed by atoms with E-state index >= 15 is 0 Å². The number of nitrogens with zero attached hydrogens (tertiary/aromatic N) is 6. The van der Waals surface area contributed by atoms with Crippen molar-refractivity contribution < 1.29 is 0 Å². The molecule has 2 aromatic rings. The minimum absolute atomic E-state index is 0.551. The van der Waals surface area contributed by atoms with Crippen molar-refractivity contribution in [3.63, 3.8) is 0 Å². The quantitative estimate of drug-likeness (QED) is 0.838. The van der Waals surface area contributed by atoms with Crippen LogP contribution in [0.4, 0.5) is 17.8 Å². The Kier molecular flexibility index (Phi) is 4.04. The summed E-state index contributed by atoms with van der Waals surface area (Å²) in [5.74, 6) is 1.84. The lowest BCUT2D eigenvalue weighted by Crippen LogP contribution is -2.22. The Balaban J connectivity index is 1.75. The SMILES string of the molecule is CNc1nc(NCc2ccncn2)nc(N2CCCC2)n1. The molecule has 1 saturated heterocycles. The molecule has 21 heavy (non-hydrogen) atoms. The van der Waals surface area contributed by atoms with Crippen LogP contribution in [0.5, 0.6) is 0 Å². The lowest BCUT2D eigenvalue weighted by molar-refractivity contribution is 0.875. The van der Waals surface area contributed by atoms with Gasteiger partial charge in [-0.25, -0.2) is 9.97 Å². The predicted octanol–water partition coefficient (Wildman–Crippen LogP) is 0.916. The van der Waals surface area contributed by atoms with Crippen LogP contribution in [-0.2, 0) is 6.54 Å². The molecule has 0 spiro atoms. The van der Waals surface area contributed by atoms with Crippen molar-refractivity contribution in [2.24, 2.45) is 0 Å². The zero-order valence-electron chi connectivity index (χ0n) is 12.0. The summed E-state index contributed by atoms with van der Waals surface area (Å²) in [6, 6.07) is 1.86. The number of nitrogens with one attached hydrogen (secondary N) is 2. The van der Waals surface area contributed by atoms with E-state index in [1.807, 2.05) is 6.07 Å². The molecule has 0 amide bonds. The molecule has 0 unspecified atom stereocenters. The Hall–Kier alpha value is -2.51. The van der Waals surface area contributed by atoms with Gasteiger partial charge in [0.25, 0.3) is 0 Å². The molecular formula is C13H18N8. The molecule has 0 saturated carbocycles. The molecule has 1 fully saturated rings. The fraction of sp³-hybridized carbons (Fsp3) is 0.462. The maximum atomic E-state index is 4.49. The van der Waals surface area contributed by atoms with Crippen molar-refractivity contribution in [2.45, 2.75) is 19.4 Å². The van der Waals surface area contributed by atoms with Crippen LogP contribution in [0.3, 0.4) is 0 Å². The van der Waals surface area contributed by atoms with Crippen molar-refractivity contribution in [2.75, 3.05) is 35.7 Å². The first kappa shape index (κ1) is 13.5. The van der Waals surface area contributed by atoms with E-state index in [4.69, 9.17) is 0 Å². The highest BCUT2D eigenvalue weighted by Gasteiger charge is 2.17. The highest BCUT2D eigenvalue weighted by Crippen LogP contribution is 2.18. The zero-order valence-corrected chi connectivity index (χ0v) is 12.0. The third-order valence-electron chi connectivity index (χ3n) is 3.31. The van der Waals surface area contributed by atoms with Crippen molar-refractivity contribution >= 4 is 17.8 Å². The minimum atomic E-state index is 0.551. The van der Waals surface area contributed by atoms with Gasteiger partial charge in [-0.3, -0.25) is 0 Å². The van der Waals surface area contributed by atoms with E-state index in [1.54, 1.807) is 13.2 Å². The molecule has 8 heteroatoms. The molecule has 0 aliphatic carbocycles. The summed E-state index contributed by atoms with van der Waals surface area (Å²) in [7, 11) is 1.80. The van der Waals surface area contributed by atoms with Gasteiger partial charge in [-0.1, -0.05) is 0 Å². The summed E-state index contributed by atoms with van der Waals surface area (Å²) < 4.78 is 0. The summed E-state index contributed by atoms with van der Waals surface area (Å²) in [5.41, 5.74) is 0.888. The number of rotatable bonds is 5. The highest BCUT2D eigenvalue weighted by molar-refractivity contribution is 5.44. The van der Waals surface area contributed by atoms with Crippen molar-refractivity contribution in [1.29, 1.82) is 0 Å². The van der Waals surface area contributed by atoms with Gasteiger partial charge >= 0.3 is 0 Å². The maximum absolute atomic E-state index is 4.49. The van der Waals surface area contributed by atoms with Gasteiger partial charge in [-0.2, -0.15) is 15.0 Å². The van der Waals surface area contributed by atoms with E-state index in [0.29, 0.717) is 18.4 Å². The number of hydrogen-bond donors (Lipinski definition) is 2. The molecule has 3 rings (SSSR count). The zero-order chi connectivity index (χ0) is 14.5. The van der Waals surface area contributed by atoms with Gasteiger partial charge in [0, 0.05) is 26.3 Å². The molecule has 0 aromatic carbocycles. The third-order valence-corrected chi connectivity index (χ3v) is 3.31. The third kappa shape index (κ3) is 3.33. The van der Waals surface area contributed by atoms with Crippen LogP contribution in [0, 0.1) is 0 Å². The summed E-state index contributed by atoms with van der Waals surface area (Å²) >= 11 is 0. The van der Waals surface area contributed by atoms with Gasteiger partial charge in [-0.15, -0.1) is 0 Å². The van der Waals surface area contributed by atoms with Crippen LogP contribution >= 0.6 is 0 Å². The summed E-state index contributed by atoms with van der Waals surface area (Å²) in [6.07, 6.45) is 5.61. The molecule has 8 nitrogen and oxygen atoms in total. The molecule has 2 N–H and O–H groups in total. The van der Waals surface area contributed by atoms with Gasteiger partial charge in [0.2, 0.25) is 17.8 Å². The van der Waals surface area contributed by atoms with Crippen molar-refractivity contribution in [3.05, 3.63) is 24.3 Å². The molecule has 0 bridgehead atoms. The van der Waals surface area contributed by atoms with E-state index in [9.17, 15) is 0 Å². The standard InChI is InChI=1S/C13H18N8/c1-14-11-18-12(16-8-10-4-5-15-9-17-10)20-13(19-11)21-6-2-3-7-21/h4-5,9H,2-3,6-8H2,1H3,(H2,14,16,18,19,20). The molecule has 3 heterocycles. The van der Waals surface area contributed by atoms with E-state index in [2.05, 4.69) is 40.5 Å². The minimum Gasteiger partial charge on any atom is -0.357 e. The van der Waals surface area contributed by atoms with E-state index in [1.165, 1.54) is 19.2 Å². The van der Waals surface area contributed by atoms with E-state index < -0.39 is 0 Å². The first-order valence-electron chi connectivity index (χ1n) is 7.03. The lowest BCUT2D eigenvalue weighted by Gasteiger charge is -2.16. The first-order chi connectivity index (χ1) is 10.3. The molecule has 2 aromatic heterocycles. The normalized spacial score (nSPS) is 14.2. The van der Waals surface area contributed by atoms with Crippen molar-refractivity contribution in [1.82, 2.24) is 24.9 Å². The Labute approximate surface area is 123 Å². The van der Waals surface area contributed by atoms with Crippen LogP contribution < -0.4 is 15.5 Å². The topological polar surface area (TPSA) is 91.8 Å². The molecule has 1 aliphatic heterocycles. The van der Waals surface area contributed by atoms with E-state index in [-0.39, 0.29) is 0 Å². The summed E-state index contributed by atoms with van der Waals surface area (Å²) in [6.45, 7) is 2.55. The van der Waals surface area contributed by atoms with Crippen LogP contribution in [0.25, 0.3) is 0 Å². The highest BCUT2D eigenvalue weighted by atomic mass is 15.3. The van der Waals surface area contributed by atoms with E-state index in [0.717, 1.165) is 24.7 Å². The smallest absolute Gasteiger partial charge is 0.231 e. The monoisotopic (exact) mass is 286 g/mol. The average molecular weight is 286 g/mol. The predicted molar refractivity (Wildman–Crippen MR) is 80.2 cm³/mol. The van der Waals surface area contributed by atoms with Gasteiger partial charge in [0.05, 0.1) is 12.2 Å². The number of anilines is 3.